The van der Waals surface area contributed by atoms with Crippen LogP contribution in [0.5, 0.6) is 0 Å². The van der Waals surface area contributed by atoms with Gasteiger partial charge in [0.1, 0.15) is 5.60 Å². The number of hydrogen-bond donors (Lipinski definition) is 2. The molecule has 0 aliphatic heterocycles. The number of benzene rings is 3. The SMILES string of the molecule is Cc1cccc([C@H](CCO)[C@@](CO)(OCc2ccccc2)c2ccccc2)c1. The Morgan fingerprint density at radius 3 is 2.14 bits per heavy atom. The van der Waals surface area contributed by atoms with Crippen molar-refractivity contribution < 1.29 is 14.9 Å². The summed E-state index contributed by atoms with van der Waals surface area (Å²) in [6.07, 6.45) is 0.494. The van der Waals surface area contributed by atoms with Gasteiger partial charge in [0.2, 0.25) is 0 Å². The Labute approximate surface area is 167 Å². The van der Waals surface area contributed by atoms with Crippen molar-refractivity contribution in [1.82, 2.24) is 0 Å². The van der Waals surface area contributed by atoms with Gasteiger partial charge in [0.05, 0.1) is 13.2 Å². The summed E-state index contributed by atoms with van der Waals surface area (Å²) in [4.78, 5) is 0. The summed E-state index contributed by atoms with van der Waals surface area (Å²) in [7, 11) is 0. The number of aliphatic hydroxyl groups excluding tert-OH is 2. The van der Waals surface area contributed by atoms with Crippen LogP contribution >= 0.6 is 0 Å². The molecule has 0 spiro atoms. The van der Waals surface area contributed by atoms with E-state index in [0.717, 1.165) is 22.3 Å². The first-order valence-electron chi connectivity index (χ1n) is 9.71. The molecular formula is C25H28O3. The van der Waals surface area contributed by atoms with Crippen LogP contribution in [-0.2, 0) is 16.9 Å². The van der Waals surface area contributed by atoms with Gasteiger partial charge in [0, 0.05) is 12.5 Å². The largest absolute Gasteiger partial charge is 0.396 e. The topological polar surface area (TPSA) is 49.7 Å². The predicted octanol–water partition coefficient (Wildman–Crippen LogP) is 4.57. The van der Waals surface area contributed by atoms with E-state index in [4.69, 9.17) is 4.74 Å². The third-order valence-corrected chi connectivity index (χ3v) is 5.26. The lowest BCUT2D eigenvalue weighted by atomic mass is 9.75. The van der Waals surface area contributed by atoms with Gasteiger partial charge >= 0.3 is 0 Å². The molecule has 28 heavy (non-hydrogen) atoms. The van der Waals surface area contributed by atoms with Crippen molar-refractivity contribution in [2.75, 3.05) is 13.2 Å². The van der Waals surface area contributed by atoms with Crippen LogP contribution in [-0.4, -0.2) is 23.4 Å². The molecule has 3 nitrogen and oxygen atoms in total. The minimum atomic E-state index is -0.951. The molecular weight excluding hydrogens is 348 g/mol. The fourth-order valence-corrected chi connectivity index (χ4v) is 3.82. The maximum atomic E-state index is 10.6. The van der Waals surface area contributed by atoms with Crippen LogP contribution in [0.25, 0.3) is 0 Å². The highest BCUT2D eigenvalue weighted by Gasteiger charge is 2.42. The maximum Gasteiger partial charge on any atom is 0.123 e. The Morgan fingerprint density at radius 2 is 1.54 bits per heavy atom. The van der Waals surface area contributed by atoms with E-state index in [9.17, 15) is 10.2 Å². The molecule has 146 valence electrons. The molecule has 0 saturated heterocycles. The van der Waals surface area contributed by atoms with Crippen LogP contribution in [0, 0.1) is 6.92 Å². The van der Waals surface area contributed by atoms with Crippen molar-refractivity contribution in [2.24, 2.45) is 0 Å². The molecule has 0 unspecified atom stereocenters. The Bertz CT molecular complexity index is 848. The highest BCUT2D eigenvalue weighted by molar-refractivity contribution is 5.34. The molecule has 2 N–H and O–H groups in total. The summed E-state index contributed by atoms with van der Waals surface area (Å²) < 4.78 is 6.50. The standard InChI is InChI=1S/C25H28O3/c1-20-9-8-12-22(17-20)24(15-16-26)25(19-27,23-13-6-3-7-14-23)28-18-21-10-4-2-5-11-21/h2-14,17,24,26-27H,15-16,18-19H2,1H3/t24-,25-/m0/s1. The Balaban J connectivity index is 2.06. The van der Waals surface area contributed by atoms with E-state index in [1.165, 1.54) is 0 Å². The lowest BCUT2D eigenvalue weighted by Crippen LogP contribution is -2.41. The first-order valence-corrected chi connectivity index (χ1v) is 9.71. The molecule has 3 aromatic carbocycles. The average Bonchev–Trinajstić information content (AvgIpc) is 2.75. The minimum absolute atomic E-state index is 0.0158. The molecule has 0 heterocycles. The molecule has 3 heteroatoms. The highest BCUT2D eigenvalue weighted by Crippen LogP contribution is 2.43. The number of rotatable bonds is 9. The molecule has 0 fully saturated rings. The van der Waals surface area contributed by atoms with E-state index in [0.29, 0.717) is 13.0 Å². The monoisotopic (exact) mass is 376 g/mol. The van der Waals surface area contributed by atoms with Gasteiger partial charge in [-0.1, -0.05) is 90.5 Å². The molecule has 0 aromatic heterocycles. The maximum absolute atomic E-state index is 10.6. The van der Waals surface area contributed by atoms with Crippen LogP contribution in [0.2, 0.25) is 0 Å². The second-order valence-electron chi connectivity index (χ2n) is 7.17. The van der Waals surface area contributed by atoms with E-state index < -0.39 is 5.60 Å². The highest BCUT2D eigenvalue weighted by atomic mass is 16.5. The minimum Gasteiger partial charge on any atom is -0.396 e. The molecule has 0 radical (unpaired) electrons. The van der Waals surface area contributed by atoms with Crippen molar-refractivity contribution in [3.8, 4) is 0 Å². The van der Waals surface area contributed by atoms with E-state index in [1.807, 2.05) is 85.8 Å². The summed E-state index contributed by atoms with van der Waals surface area (Å²) in [5.74, 6) is -0.187. The first kappa shape index (κ1) is 20.3. The van der Waals surface area contributed by atoms with Crippen molar-refractivity contribution in [3.63, 3.8) is 0 Å². The van der Waals surface area contributed by atoms with Gasteiger partial charge in [-0.25, -0.2) is 0 Å². The van der Waals surface area contributed by atoms with E-state index in [2.05, 4.69) is 6.07 Å². The molecule has 0 amide bonds. The zero-order valence-electron chi connectivity index (χ0n) is 16.3. The van der Waals surface area contributed by atoms with Crippen LogP contribution in [0.1, 0.15) is 34.6 Å². The third kappa shape index (κ3) is 4.50. The third-order valence-electron chi connectivity index (χ3n) is 5.26. The fourth-order valence-electron chi connectivity index (χ4n) is 3.82. The summed E-state index contributed by atoms with van der Waals surface area (Å²) in [5, 5.41) is 20.5. The lowest BCUT2D eigenvalue weighted by Gasteiger charge is -2.40. The lowest BCUT2D eigenvalue weighted by molar-refractivity contribution is -0.116. The van der Waals surface area contributed by atoms with Crippen LogP contribution < -0.4 is 0 Å². The Morgan fingerprint density at radius 1 is 0.857 bits per heavy atom. The molecule has 3 aromatic rings. The molecule has 0 aliphatic carbocycles. The number of aryl methyl sites for hydroxylation is 1. The van der Waals surface area contributed by atoms with Gasteiger partial charge in [-0.2, -0.15) is 0 Å². The first-order chi connectivity index (χ1) is 13.7. The summed E-state index contributed by atoms with van der Waals surface area (Å²) in [5.41, 5.74) is 3.20. The molecule has 3 rings (SSSR count). The number of ether oxygens (including phenoxy) is 1. The summed E-state index contributed by atoms with van der Waals surface area (Å²) in [6, 6.07) is 28.0. The second kappa shape index (κ2) is 9.65. The van der Waals surface area contributed by atoms with Gasteiger partial charge in [0.25, 0.3) is 0 Å². The number of hydrogen-bond acceptors (Lipinski definition) is 3. The molecule has 2 atom stereocenters. The van der Waals surface area contributed by atoms with E-state index in [1.54, 1.807) is 0 Å². The number of aliphatic hydroxyl groups is 2. The predicted molar refractivity (Wildman–Crippen MR) is 112 cm³/mol. The van der Waals surface area contributed by atoms with Gasteiger partial charge in [0.15, 0.2) is 0 Å². The summed E-state index contributed by atoms with van der Waals surface area (Å²) >= 11 is 0. The van der Waals surface area contributed by atoms with Crippen molar-refractivity contribution in [1.29, 1.82) is 0 Å². The van der Waals surface area contributed by atoms with Gasteiger partial charge in [-0.05, 0) is 30.0 Å². The van der Waals surface area contributed by atoms with Crippen molar-refractivity contribution >= 4 is 0 Å². The fraction of sp³-hybridized carbons (Fsp3) is 0.280. The van der Waals surface area contributed by atoms with Gasteiger partial charge in [-0.15, -0.1) is 0 Å². The Kier molecular flexibility index (Phi) is 6.99. The van der Waals surface area contributed by atoms with Gasteiger partial charge in [-0.3, -0.25) is 0 Å². The molecule has 0 bridgehead atoms. The van der Waals surface area contributed by atoms with Crippen molar-refractivity contribution in [2.45, 2.75) is 31.5 Å². The van der Waals surface area contributed by atoms with Crippen molar-refractivity contribution in [3.05, 3.63) is 107 Å². The summed E-state index contributed by atoms with van der Waals surface area (Å²) in [6.45, 7) is 2.27. The zero-order valence-corrected chi connectivity index (χ0v) is 16.3. The van der Waals surface area contributed by atoms with E-state index >= 15 is 0 Å². The molecule has 0 saturated carbocycles. The van der Waals surface area contributed by atoms with Crippen LogP contribution in [0.3, 0.4) is 0 Å². The normalized spacial score (nSPS) is 14.4. The Hall–Kier alpha value is -2.46. The van der Waals surface area contributed by atoms with Crippen LogP contribution in [0.15, 0.2) is 84.9 Å². The zero-order chi connectivity index (χ0) is 19.8. The average molecular weight is 376 g/mol. The van der Waals surface area contributed by atoms with E-state index in [-0.39, 0.29) is 19.1 Å². The van der Waals surface area contributed by atoms with Crippen LogP contribution in [0.4, 0.5) is 0 Å². The van der Waals surface area contributed by atoms with Gasteiger partial charge < -0.3 is 14.9 Å². The quantitative estimate of drug-likeness (QED) is 0.575. The molecule has 0 aliphatic rings. The second-order valence-corrected chi connectivity index (χ2v) is 7.17. The smallest absolute Gasteiger partial charge is 0.123 e.